The van der Waals surface area contributed by atoms with Crippen molar-refractivity contribution in [3.8, 4) is 27.9 Å². The summed E-state index contributed by atoms with van der Waals surface area (Å²) in [6.45, 7) is 8.48. The van der Waals surface area contributed by atoms with Gasteiger partial charge in [0, 0.05) is 16.5 Å². The third-order valence-electron chi connectivity index (χ3n) is 11.6. The Morgan fingerprint density at radius 2 is 0.885 bits per heavy atom. The Morgan fingerprint density at radius 1 is 0.385 bits per heavy atom. The van der Waals surface area contributed by atoms with Gasteiger partial charge in [0.2, 0.25) is 0 Å². The predicted octanol–water partition coefficient (Wildman–Crippen LogP) is 11.9. The van der Waals surface area contributed by atoms with Crippen LogP contribution in [-0.4, -0.2) is 22.9 Å². The molecule has 1 aliphatic heterocycles. The second-order valence-corrected chi connectivity index (χ2v) is 15.2. The molecule has 0 bridgehead atoms. The van der Waals surface area contributed by atoms with Crippen LogP contribution in [0.4, 0.5) is 0 Å². The Balaban J connectivity index is 1.25. The molecular formula is C48H38BNO2. The van der Waals surface area contributed by atoms with Gasteiger partial charge in [-0.1, -0.05) is 127 Å². The van der Waals surface area contributed by atoms with E-state index in [4.69, 9.17) is 9.31 Å². The van der Waals surface area contributed by atoms with Gasteiger partial charge in [0.15, 0.2) is 0 Å². The zero-order chi connectivity index (χ0) is 35.2. The van der Waals surface area contributed by atoms with Gasteiger partial charge in [0.1, 0.15) is 0 Å². The van der Waals surface area contributed by atoms with Gasteiger partial charge in [-0.05, 0) is 118 Å². The molecule has 2 heterocycles. The van der Waals surface area contributed by atoms with Crippen molar-refractivity contribution in [1.82, 2.24) is 4.57 Å². The fourth-order valence-electron chi connectivity index (χ4n) is 8.19. The highest BCUT2D eigenvalue weighted by atomic mass is 16.7. The largest absolute Gasteiger partial charge is 0.494 e. The topological polar surface area (TPSA) is 23.4 Å². The minimum atomic E-state index is -0.512. The summed E-state index contributed by atoms with van der Waals surface area (Å²) in [5.41, 5.74) is 8.12. The van der Waals surface area contributed by atoms with Crippen molar-refractivity contribution >= 4 is 66.7 Å². The van der Waals surface area contributed by atoms with Crippen molar-refractivity contribution in [1.29, 1.82) is 0 Å². The maximum absolute atomic E-state index is 6.71. The third-order valence-corrected chi connectivity index (χ3v) is 11.6. The number of rotatable bonds is 4. The highest BCUT2D eigenvalue weighted by Crippen LogP contribution is 2.41. The summed E-state index contributed by atoms with van der Waals surface area (Å²) in [4.78, 5) is 0. The molecule has 0 spiro atoms. The Hall–Kier alpha value is -5.68. The molecule has 0 unspecified atom stereocenters. The Morgan fingerprint density at radius 3 is 1.54 bits per heavy atom. The van der Waals surface area contributed by atoms with E-state index in [-0.39, 0.29) is 0 Å². The molecular weight excluding hydrogens is 633 g/mol. The van der Waals surface area contributed by atoms with E-state index in [0.29, 0.717) is 0 Å². The number of hydrogen-bond donors (Lipinski definition) is 0. The second-order valence-electron chi connectivity index (χ2n) is 15.2. The molecule has 0 N–H and O–H groups in total. The summed E-state index contributed by atoms with van der Waals surface area (Å²) in [7, 11) is -0.512. The first-order valence-corrected chi connectivity index (χ1v) is 18.2. The summed E-state index contributed by atoms with van der Waals surface area (Å²) >= 11 is 0. The van der Waals surface area contributed by atoms with Gasteiger partial charge in [0.05, 0.1) is 22.2 Å². The smallest absolute Gasteiger partial charge is 0.399 e. The first kappa shape index (κ1) is 31.1. The molecule has 9 aromatic rings. The minimum Gasteiger partial charge on any atom is -0.399 e. The van der Waals surface area contributed by atoms with Crippen LogP contribution in [0.5, 0.6) is 0 Å². The monoisotopic (exact) mass is 671 g/mol. The molecule has 0 atom stereocenters. The van der Waals surface area contributed by atoms with Gasteiger partial charge in [-0.15, -0.1) is 0 Å². The van der Waals surface area contributed by atoms with Gasteiger partial charge in [-0.25, -0.2) is 0 Å². The fraction of sp³-hybridized carbons (Fsp3) is 0.125. The van der Waals surface area contributed by atoms with E-state index in [1.807, 2.05) is 0 Å². The van der Waals surface area contributed by atoms with Crippen LogP contribution in [-0.2, 0) is 9.31 Å². The van der Waals surface area contributed by atoms with Gasteiger partial charge in [0.25, 0.3) is 0 Å². The highest BCUT2D eigenvalue weighted by molar-refractivity contribution is 6.62. The summed E-state index contributed by atoms with van der Waals surface area (Å²) in [6.07, 6.45) is 0. The molecule has 0 saturated carbocycles. The van der Waals surface area contributed by atoms with Crippen molar-refractivity contribution in [3.05, 3.63) is 158 Å². The van der Waals surface area contributed by atoms with E-state index in [0.717, 1.165) is 33.3 Å². The maximum Gasteiger partial charge on any atom is 0.494 e. The van der Waals surface area contributed by atoms with Crippen molar-refractivity contribution < 1.29 is 9.31 Å². The van der Waals surface area contributed by atoms with Crippen LogP contribution in [0.1, 0.15) is 27.7 Å². The number of para-hydroxylation sites is 1. The van der Waals surface area contributed by atoms with E-state index in [1.54, 1.807) is 0 Å². The number of aromatic nitrogens is 1. The molecule has 52 heavy (non-hydrogen) atoms. The number of hydrogen-bond acceptors (Lipinski definition) is 2. The number of nitrogens with zero attached hydrogens (tertiary/aromatic N) is 1. The average Bonchev–Trinajstić information content (AvgIpc) is 3.63. The SMILES string of the molecule is CC1(C)OB(c2cc(-c3ccc4c5ccccc5c5ccccc5c4c3)cc(-n3c4ccccc4c4ccc(-c5ccccc5)cc43)c2)OC1(C)C. The molecule has 1 saturated heterocycles. The molecule has 3 nitrogen and oxygen atoms in total. The normalized spacial score (nSPS) is 15.4. The molecule has 0 radical (unpaired) electrons. The molecule has 1 aliphatic rings. The molecule has 0 aliphatic carbocycles. The average molecular weight is 672 g/mol. The highest BCUT2D eigenvalue weighted by Gasteiger charge is 2.51. The molecule has 10 rings (SSSR count). The van der Waals surface area contributed by atoms with Crippen LogP contribution in [0.25, 0.3) is 82.1 Å². The van der Waals surface area contributed by atoms with Crippen molar-refractivity contribution in [3.63, 3.8) is 0 Å². The van der Waals surface area contributed by atoms with Crippen LogP contribution in [0.15, 0.2) is 158 Å². The van der Waals surface area contributed by atoms with Gasteiger partial charge < -0.3 is 13.9 Å². The lowest BCUT2D eigenvalue weighted by atomic mass is 9.77. The lowest BCUT2D eigenvalue weighted by Gasteiger charge is -2.32. The van der Waals surface area contributed by atoms with Crippen LogP contribution < -0.4 is 5.46 Å². The van der Waals surface area contributed by atoms with E-state index in [2.05, 4.69) is 190 Å². The second kappa shape index (κ2) is 11.4. The van der Waals surface area contributed by atoms with Gasteiger partial charge in [-0.2, -0.15) is 0 Å². The summed E-state index contributed by atoms with van der Waals surface area (Å²) in [5, 5.41) is 10.0. The Kier molecular flexibility index (Phi) is 6.83. The Labute approximate surface area is 304 Å². The van der Waals surface area contributed by atoms with Crippen LogP contribution >= 0.6 is 0 Å². The van der Waals surface area contributed by atoms with E-state index >= 15 is 0 Å². The van der Waals surface area contributed by atoms with Crippen molar-refractivity contribution in [2.24, 2.45) is 0 Å². The minimum absolute atomic E-state index is 0.464. The first-order valence-electron chi connectivity index (χ1n) is 18.2. The van der Waals surface area contributed by atoms with Crippen LogP contribution in [0.2, 0.25) is 0 Å². The quantitative estimate of drug-likeness (QED) is 0.137. The summed E-state index contributed by atoms with van der Waals surface area (Å²) in [6, 6.07) is 57.5. The summed E-state index contributed by atoms with van der Waals surface area (Å²) in [5.74, 6) is 0. The third kappa shape index (κ3) is 4.75. The zero-order valence-corrected chi connectivity index (χ0v) is 29.9. The van der Waals surface area contributed by atoms with E-state index in [1.165, 1.54) is 54.2 Å². The van der Waals surface area contributed by atoms with Crippen molar-refractivity contribution in [2.75, 3.05) is 0 Å². The molecule has 250 valence electrons. The predicted molar refractivity (Wildman–Crippen MR) is 220 cm³/mol. The number of benzene rings is 8. The molecule has 0 amide bonds. The molecule has 1 aromatic heterocycles. The molecule has 4 heteroatoms. The lowest BCUT2D eigenvalue weighted by Crippen LogP contribution is -2.41. The molecule has 8 aromatic carbocycles. The van der Waals surface area contributed by atoms with Gasteiger partial charge in [-0.3, -0.25) is 0 Å². The zero-order valence-electron chi connectivity index (χ0n) is 29.9. The molecule has 1 fully saturated rings. The maximum atomic E-state index is 6.71. The fourth-order valence-corrected chi connectivity index (χ4v) is 8.19. The first-order chi connectivity index (χ1) is 25.3. The van der Waals surface area contributed by atoms with Crippen LogP contribution in [0, 0.1) is 0 Å². The summed E-state index contributed by atoms with van der Waals surface area (Å²) < 4.78 is 15.8. The van der Waals surface area contributed by atoms with Gasteiger partial charge >= 0.3 is 7.12 Å². The lowest BCUT2D eigenvalue weighted by molar-refractivity contribution is 0.00578. The number of fused-ring (bicyclic) bond motifs is 9. The van der Waals surface area contributed by atoms with E-state index < -0.39 is 18.3 Å². The van der Waals surface area contributed by atoms with E-state index in [9.17, 15) is 0 Å². The van der Waals surface area contributed by atoms with Crippen LogP contribution in [0.3, 0.4) is 0 Å². The standard InChI is InChI=1S/C48H38BNO2/c1-47(2)48(3,4)52-49(51-47)35-26-34(32-22-24-41-39-18-9-8-16-37(39)38-17-10-11-19-40(38)44(41)28-32)27-36(30-35)50-45-21-13-12-20-42(45)43-25-23-33(29-46(43)50)31-14-6-5-7-15-31/h5-30H,1-4H3. The Bertz CT molecular complexity index is 2820. The van der Waals surface area contributed by atoms with Crippen molar-refractivity contribution in [2.45, 2.75) is 38.9 Å².